The molecule has 0 aliphatic rings. The topological polar surface area (TPSA) is 55.2 Å². The summed E-state index contributed by atoms with van der Waals surface area (Å²) in [7, 11) is 0. The third-order valence-electron chi connectivity index (χ3n) is 6.55. The molecule has 6 heteroatoms. The molecule has 36 heavy (non-hydrogen) atoms. The van der Waals surface area contributed by atoms with Gasteiger partial charge in [-0.3, -0.25) is 14.2 Å². The molecule has 1 atom stereocenters. The number of carbonyl (C=O) groups excluding carboxylic acids is 1. The predicted molar refractivity (Wildman–Crippen MR) is 147 cm³/mol. The summed E-state index contributed by atoms with van der Waals surface area (Å²) in [6, 6.07) is 21.7. The number of amides is 1. The number of benzene rings is 3. The van der Waals surface area contributed by atoms with Crippen LogP contribution >= 0.6 is 11.6 Å². The summed E-state index contributed by atoms with van der Waals surface area (Å²) < 4.78 is 1.57. The molecule has 1 amide bonds. The lowest BCUT2D eigenvalue weighted by Crippen LogP contribution is -2.38. The van der Waals surface area contributed by atoms with E-state index in [0.29, 0.717) is 39.5 Å². The van der Waals surface area contributed by atoms with Gasteiger partial charge in [-0.15, -0.1) is 0 Å². The number of para-hydroxylation sites is 2. The summed E-state index contributed by atoms with van der Waals surface area (Å²) in [4.78, 5) is 34.3. The fraction of sp³-hybridized carbons (Fsp3) is 0.300. The summed E-state index contributed by atoms with van der Waals surface area (Å²) in [6.45, 7) is 6.68. The highest BCUT2D eigenvalue weighted by Crippen LogP contribution is 2.28. The Morgan fingerprint density at radius 3 is 2.39 bits per heavy atom. The first-order valence-corrected chi connectivity index (χ1v) is 12.9. The van der Waals surface area contributed by atoms with Crippen LogP contribution < -0.4 is 5.56 Å². The zero-order valence-electron chi connectivity index (χ0n) is 21.1. The smallest absolute Gasteiger partial charge is 0.266 e. The van der Waals surface area contributed by atoms with E-state index < -0.39 is 6.04 Å². The molecule has 1 unspecified atom stereocenters. The lowest BCUT2D eigenvalue weighted by molar-refractivity contribution is 0.0677. The normalized spacial score (nSPS) is 12.0. The van der Waals surface area contributed by atoms with Gasteiger partial charge in [-0.1, -0.05) is 79.7 Å². The van der Waals surface area contributed by atoms with Crippen molar-refractivity contribution in [1.82, 2.24) is 14.5 Å². The average Bonchev–Trinajstić information content (AvgIpc) is 2.89. The minimum atomic E-state index is -0.464. The maximum Gasteiger partial charge on any atom is 0.266 e. The molecule has 0 aliphatic heterocycles. The molecular weight excluding hydrogens is 470 g/mol. The van der Waals surface area contributed by atoms with Gasteiger partial charge in [0, 0.05) is 12.1 Å². The van der Waals surface area contributed by atoms with Gasteiger partial charge in [-0.25, -0.2) is 4.98 Å². The number of rotatable bonds is 9. The van der Waals surface area contributed by atoms with Gasteiger partial charge in [0.2, 0.25) is 0 Å². The molecule has 0 N–H and O–H groups in total. The summed E-state index contributed by atoms with van der Waals surface area (Å²) in [5.41, 5.74) is 2.66. The van der Waals surface area contributed by atoms with E-state index in [4.69, 9.17) is 16.6 Å². The molecule has 0 spiro atoms. The summed E-state index contributed by atoms with van der Waals surface area (Å²) in [6.07, 6.45) is 4.13. The van der Waals surface area contributed by atoms with Crippen LogP contribution in [0.5, 0.6) is 0 Å². The van der Waals surface area contributed by atoms with Crippen LogP contribution in [0.15, 0.2) is 77.6 Å². The van der Waals surface area contributed by atoms with Gasteiger partial charge >= 0.3 is 0 Å². The second-order valence-corrected chi connectivity index (χ2v) is 9.59. The van der Waals surface area contributed by atoms with Crippen molar-refractivity contribution in [2.24, 2.45) is 0 Å². The van der Waals surface area contributed by atoms with Crippen LogP contribution in [-0.4, -0.2) is 26.9 Å². The molecule has 0 radical (unpaired) electrons. The van der Waals surface area contributed by atoms with Crippen LogP contribution in [0.3, 0.4) is 0 Å². The molecule has 0 aliphatic carbocycles. The van der Waals surface area contributed by atoms with Crippen molar-refractivity contribution in [2.45, 2.75) is 52.5 Å². The minimum Gasteiger partial charge on any atom is -0.329 e. The lowest BCUT2D eigenvalue weighted by Gasteiger charge is -2.31. The van der Waals surface area contributed by atoms with Crippen molar-refractivity contribution in [3.05, 3.63) is 105 Å². The molecule has 4 aromatic rings. The first-order valence-electron chi connectivity index (χ1n) is 12.6. The van der Waals surface area contributed by atoms with E-state index in [2.05, 4.69) is 6.92 Å². The zero-order valence-corrected chi connectivity index (χ0v) is 21.8. The van der Waals surface area contributed by atoms with Crippen LogP contribution in [0, 0.1) is 6.92 Å². The number of fused-ring (bicyclic) bond motifs is 1. The standard InChI is InChI=1S/C30H32ClN3O2/c1-4-5-6-11-20-33(29(35)23-18-16-21(2)17-19-23)22(3)28-32-26-14-9-7-12-24(26)30(36)34(28)27-15-10-8-13-25(27)31/h7-10,12-19,22H,4-6,11,20H2,1-3H3. The third-order valence-corrected chi connectivity index (χ3v) is 6.87. The van der Waals surface area contributed by atoms with E-state index in [1.54, 1.807) is 16.7 Å². The van der Waals surface area contributed by atoms with Gasteiger partial charge in [-0.05, 0) is 56.7 Å². The van der Waals surface area contributed by atoms with Crippen LogP contribution in [0.2, 0.25) is 5.02 Å². The Labute approximate surface area is 217 Å². The maximum absolute atomic E-state index is 13.8. The Kier molecular flexibility index (Phi) is 8.21. The molecule has 4 rings (SSSR count). The summed E-state index contributed by atoms with van der Waals surface area (Å²) >= 11 is 6.56. The minimum absolute atomic E-state index is 0.0767. The number of carbonyl (C=O) groups is 1. The second-order valence-electron chi connectivity index (χ2n) is 9.18. The van der Waals surface area contributed by atoms with E-state index in [0.717, 1.165) is 31.2 Å². The van der Waals surface area contributed by atoms with Crippen LogP contribution in [0.25, 0.3) is 16.6 Å². The monoisotopic (exact) mass is 501 g/mol. The van der Waals surface area contributed by atoms with Crippen molar-refractivity contribution < 1.29 is 4.79 Å². The van der Waals surface area contributed by atoms with E-state index in [1.807, 2.05) is 79.4 Å². The number of unbranched alkanes of at least 4 members (excludes halogenated alkanes) is 3. The molecule has 0 bridgehead atoms. The zero-order chi connectivity index (χ0) is 25.7. The van der Waals surface area contributed by atoms with Gasteiger partial charge < -0.3 is 4.90 Å². The number of nitrogens with zero attached hydrogens (tertiary/aromatic N) is 3. The number of aryl methyl sites for hydroxylation is 1. The number of hydrogen-bond acceptors (Lipinski definition) is 3. The third kappa shape index (κ3) is 5.36. The van der Waals surface area contributed by atoms with Crippen LogP contribution in [-0.2, 0) is 0 Å². The highest BCUT2D eigenvalue weighted by Gasteiger charge is 2.28. The lowest BCUT2D eigenvalue weighted by atomic mass is 10.1. The first-order chi connectivity index (χ1) is 17.4. The van der Waals surface area contributed by atoms with Gasteiger partial charge in [0.15, 0.2) is 0 Å². The van der Waals surface area contributed by atoms with Crippen molar-refractivity contribution in [2.75, 3.05) is 6.54 Å². The van der Waals surface area contributed by atoms with E-state index in [-0.39, 0.29) is 11.5 Å². The van der Waals surface area contributed by atoms with Crippen molar-refractivity contribution in [1.29, 1.82) is 0 Å². The first kappa shape index (κ1) is 25.6. The Balaban J connectivity index is 1.86. The fourth-order valence-corrected chi connectivity index (χ4v) is 4.70. The second kappa shape index (κ2) is 11.5. The Morgan fingerprint density at radius 1 is 0.972 bits per heavy atom. The van der Waals surface area contributed by atoms with Gasteiger partial charge in [-0.2, -0.15) is 0 Å². The van der Waals surface area contributed by atoms with E-state index in [1.165, 1.54) is 0 Å². The number of hydrogen-bond donors (Lipinski definition) is 0. The molecule has 5 nitrogen and oxygen atoms in total. The molecular formula is C30H32ClN3O2. The molecule has 0 saturated carbocycles. The molecule has 0 fully saturated rings. The Hall–Kier alpha value is -3.44. The SMILES string of the molecule is CCCCCCN(C(=O)c1ccc(C)cc1)C(C)c1nc2ccccc2c(=O)n1-c1ccccc1Cl. The average molecular weight is 502 g/mol. The van der Waals surface area contributed by atoms with Crippen molar-refractivity contribution in [3.63, 3.8) is 0 Å². The van der Waals surface area contributed by atoms with E-state index in [9.17, 15) is 9.59 Å². The molecule has 1 aromatic heterocycles. The maximum atomic E-state index is 13.8. The van der Waals surface area contributed by atoms with Gasteiger partial charge in [0.1, 0.15) is 5.82 Å². The summed E-state index contributed by atoms with van der Waals surface area (Å²) in [5.74, 6) is 0.412. The molecule has 3 aromatic carbocycles. The van der Waals surface area contributed by atoms with Crippen molar-refractivity contribution >= 4 is 28.4 Å². The molecule has 1 heterocycles. The molecule has 186 valence electrons. The number of halogens is 1. The Bertz CT molecular complexity index is 1410. The van der Waals surface area contributed by atoms with Gasteiger partial charge in [0.05, 0.1) is 27.7 Å². The van der Waals surface area contributed by atoms with Crippen molar-refractivity contribution in [3.8, 4) is 5.69 Å². The summed E-state index contributed by atoms with van der Waals surface area (Å²) in [5, 5.41) is 0.956. The highest BCUT2D eigenvalue weighted by molar-refractivity contribution is 6.32. The fourth-order valence-electron chi connectivity index (χ4n) is 4.48. The predicted octanol–water partition coefficient (Wildman–Crippen LogP) is 7.13. The molecule has 0 saturated heterocycles. The van der Waals surface area contributed by atoms with Crippen LogP contribution in [0.1, 0.15) is 67.3 Å². The number of aromatic nitrogens is 2. The highest BCUT2D eigenvalue weighted by atomic mass is 35.5. The quantitative estimate of drug-likeness (QED) is 0.229. The Morgan fingerprint density at radius 2 is 1.67 bits per heavy atom. The largest absolute Gasteiger partial charge is 0.329 e. The van der Waals surface area contributed by atoms with E-state index >= 15 is 0 Å². The van der Waals surface area contributed by atoms with Gasteiger partial charge in [0.25, 0.3) is 11.5 Å². The van der Waals surface area contributed by atoms with Crippen LogP contribution in [0.4, 0.5) is 0 Å².